The Hall–Kier alpha value is 0.270. The fraction of sp³-hybridized carbons (Fsp3) is 1.00. The highest BCUT2D eigenvalue weighted by atomic mass is 32.2. The lowest BCUT2D eigenvalue weighted by molar-refractivity contribution is 0.0940. The minimum absolute atomic E-state index is 0.463. The van der Waals surface area contributed by atoms with Gasteiger partial charge < -0.3 is 4.74 Å². The lowest BCUT2D eigenvalue weighted by Gasteiger charge is -1.73. The zero-order valence-corrected chi connectivity index (χ0v) is 3.46. The van der Waals surface area contributed by atoms with E-state index in [9.17, 15) is 0 Å². The first-order chi connectivity index (χ1) is 2.50. The van der Waals surface area contributed by atoms with Gasteiger partial charge >= 0.3 is 0 Å². The van der Waals surface area contributed by atoms with Crippen LogP contribution >= 0.6 is 12.0 Å². The summed E-state index contributed by atoms with van der Waals surface area (Å²) >= 11 is 1.35. The second-order valence-electron chi connectivity index (χ2n) is 0.676. The molecule has 0 aromatic rings. The van der Waals surface area contributed by atoms with E-state index in [1.807, 2.05) is 0 Å². The topological polar surface area (TPSA) is 18.5 Å². The van der Waals surface area contributed by atoms with Crippen LogP contribution in [-0.2, 0) is 8.92 Å². The third-order valence-electron chi connectivity index (χ3n) is 0.346. The van der Waals surface area contributed by atoms with E-state index in [0.29, 0.717) is 12.7 Å². The fourth-order valence-corrected chi connectivity index (χ4v) is 0.510. The first-order valence-corrected chi connectivity index (χ1v) is 2.23. The van der Waals surface area contributed by atoms with Gasteiger partial charge in [-0.15, -0.1) is 0 Å². The molecule has 1 fully saturated rings. The first-order valence-electron chi connectivity index (χ1n) is 1.32. The fourth-order valence-electron chi connectivity index (χ4n) is 0.170. The Morgan fingerprint density at radius 1 is 1.60 bits per heavy atom. The average molecular weight is 92.1 g/mol. The van der Waals surface area contributed by atoms with Crippen molar-refractivity contribution in [1.82, 2.24) is 0 Å². The summed E-state index contributed by atoms with van der Waals surface area (Å²) in [5.41, 5.74) is 0. The molecule has 0 spiro atoms. The SMILES string of the molecule is C1OCSO1. The molecule has 1 aliphatic heterocycles. The molecule has 1 rings (SSSR count). The van der Waals surface area contributed by atoms with Crippen LogP contribution in [0.15, 0.2) is 0 Å². The van der Waals surface area contributed by atoms with Crippen LogP contribution in [0.4, 0.5) is 0 Å². The molecule has 0 aromatic heterocycles. The molecule has 0 radical (unpaired) electrons. The summed E-state index contributed by atoms with van der Waals surface area (Å²) in [6.07, 6.45) is 0. The Morgan fingerprint density at radius 2 is 2.60 bits per heavy atom. The molecule has 5 heavy (non-hydrogen) atoms. The average Bonchev–Trinajstić information content (AvgIpc) is 1.76. The monoisotopic (exact) mass is 92.0 g/mol. The van der Waals surface area contributed by atoms with Gasteiger partial charge in [0.05, 0.1) is 0 Å². The second kappa shape index (κ2) is 1.64. The zero-order valence-electron chi connectivity index (χ0n) is 2.64. The molecule has 0 unspecified atom stereocenters. The van der Waals surface area contributed by atoms with Crippen molar-refractivity contribution in [3.63, 3.8) is 0 Å². The molecule has 0 atom stereocenters. The van der Waals surface area contributed by atoms with Gasteiger partial charge in [0.15, 0.2) is 6.79 Å². The van der Waals surface area contributed by atoms with Gasteiger partial charge in [-0.25, -0.2) is 0 Å². The molecule has 0 bridgehead atoms. The van der Waals surface area contributed by atoms with Crippen LogP contribution in [0.5, 0.6) is 0 Å². The van der Waals surface area contributed by atoms with E-state index in [4.69, 9.17) is 0 Å². The Labute approximate surface area is 34.7 Å². The molecule has 0 saturated carbocycles. The molecule has 2 nitrogen and oxygen atoms in total. The predicted molar refractivity (Wildman–Crippen MR) is 19.5 cm³/mol. The van der Waals surface area contributed by atoms with Crippen molar-refractivity contribution in [3.8, 4) is 0 Å². The largest absolute Gasteiger partial charge is 0.341 e. The molecule has 1 saturated heterocycles. The van der Waals surface area contributed by atoms with Gasteiger partial charge in [-0.3, -0.25) is 4.18 Å². The number of rotatable bonds is 0. The molecule has 1 aliphatic rings. The molecule has 1 heterocycles. The molecule has 3 heteroatoms. The van der Waals surface area contributed by atoms with Crippen molar-refractivity contribution in [2.24, 2.45) is 0 Å². The Bertz CT molecular complexity index is 19.2. The third kappa shape index (κ3) is 0.792. The van der Waals surface area contributed by atoms with E-state index in [0.717, 1.165) is 0 Å². The highest BCUT2D eigenvalue weighted by Gasteiger charge is 1.95. The second-order valence-corrected chi connectivity index (χ2v) is 1.38. The zero-order chi connectivity index (χ0) is 3.54. The molecule has 0 amide bonds. The summed E-state index contributed by atoms with van der Waals surface area (Å²) < 4.78 is 9.32. The van der Waals surface area contributed by atoms with Crippen LogP contribution in [0.1, 0.15) is 0 Å². The highest BCUT2D eigenvalue weighted by Crippen LogP contribution is 2.08. The number of hydrogen-bond acceptors (Lipinski definition) is 3. The number of hydrogen-bond donors (Lipinski definition) is 0. The lowest BCUT2D eigenvalue weighted by Crippen LogP contribution is -1.76. The van der Waals surface area contributed by atoms with Crippen molar-refractivity contribution < 1.29 is 8.92 Å². The quantitative estimate of drug-likeness (QED) is 0.407. The van der Waals surface area contributed by atoms with Crippen molar-refractivity contribution >= 4 is 12.0 Å². The molecular formula is C2H4O2S. The summed E-state index contributed by atoms with van der Waals surface area (Å²) in [6.45, 7) is 0.463. The lowest BCUT2D eigenvalue weighted by atomic mass is 11.4. The van der Waals surface area contributed by atoms with E-state index < -0.39 is 0 Å². The van der Waals surface area contributed by atoms with Gasteiger partial charge in [0.2, 0.25) is 0 Å². The smallest absolute Gasteiger partial charge is 0.161 e. The maximum atomic E-state index is 4.69. The van der Waals surface area contributed by atoms with E-state index in [1.165, 1.54) is 12.0 Å². The van der Waals surface area contributed by atoms with E-state index in [-0.39, 0.29) is 0 Å². The first kappa shape index (κ1) is 3.46. The minimum Gasteiger partial charge on any atom is -0.341 e. The van der Waals surface area contributed by atoms with Crippen LogP contribution in [-0.4, -0.2) is 12.7 Å². The third-order valence-corrected chi connectivity index (χ3v) is 0.872. The Morgan fingerprint density at radius 3 is 2.80 bits per heavy atom. The summed E-state index contributed by atoms with van der Waals surface area (Å²) in [4.78, 5) is 0. The van der Waals surface area contributed by atoms with Gasteiger partial charge in [-0.2, -0.15) is 0 Å². The Balaban J connectivity index is 2.08. The Kier molecular flexibility index (Phi) is 1.14. The highest BCUT2D eigenvalue weighted by molar-refractivity contribution is 7.94. The van der Waals surface area contributed by atoms with E-state index >= 15 is 0 Å². The molecule has 0 N–H and O–H groups in total. The van der Waals surface area contributed by atoms with Crippen molar-refractivity contribution in [1.29, 1.82) is 0 Å². The summed E-state index contributed by atoms with van der Waals surface area (Å²) in [5.74, 6) is 0.694. The van der Waals surface area contributed by atoms with Crippen LogP contribution in [0.25, 0.3) is 0 Å². The van der Waals surface area contributed by atoms with Crippen molar-refractivity contribution in [2.45, 2.75) is 0 Å². The van der Waals surface area contributed by atoms with Gasteiger partial charge in [-0.1, -0.05) is 0 Å². The van der Waals surface area contributed by atoms with Crippen LogP contribution in [0, 0.1) is 0 Å². The van der Waals surface area contributed by atoms with E-state index in [1.54, 1.807) is 0 Å². The van der Waals surface area contributed by atoms with Crippen LogP contribution in [0.2, 0.25) is 0 Å². The van der Waals surface area contributed by atoms with Gasteiger partial charge in [0, 0.05) is 12.0 Å². The maximum Gasteiger partial charge on any atom is 0.161 e. The van der Waals surface area contributed by atoms with Crippen LogP contribution < -0.4 is 0 Å². The summed E-state index contributed by atoms with van der Waals surface area (Å²) in [5, 5.41) is 0. The standard InChI is InChI=1S/C2H4O2S/c1-3-2-5-4-1/h1-2H2. The molecular weight excluding hydrogens is 88.1 g/mol. The number of ether oxygens (including phenoxy) is 1. The predicted octanol–water partition coefficient (Wildman–Crippen LogP) is 0.596. The van der Waals surface area contributed by atoms with Crippen LogP contribution in [0.3, 0.4) is 0 Å². The molecule has 0 aliphatic carbocycles. The van der Waals surface area contributed by atoms with Gasteiger partial charge in [-0.05, 0) is 0 Å². The van der Waals surface area contributed by atoms with Gasteiger partial charge in [0.25, 0.3) is 0 Å². The molecule has 0 aromatic carbocycles. The van der Waals surface area contributed by atoms with Gasteiger partial charge in [0.1, 0.15) is 5.94 Å². The minimum atomic E-state index is 0.463. The normalized spacial score (nSPS) is 24.0. The van der Waals surface area contributed by atoms with Crippen molar-refractivity contribution in [3.05, 3.63) is 0 Å². The summed E-state index contributed by atoms with van der Waals surface area (Å²) in [7, 11) is 0. The molecule has 30 valence electrons. The summed E-state index contributed by atoms with van der Waals surface area (Å²) in [6, 6.07) is 0. The van der Waals surface area contributed by atoms with Crippen molar-refractivity contribution in [2.75, 3.05) is 12.7 Å². The van der Waals surface area contributed by atoms with E-state index in [2.05, 4.69) is 8.92 Å². The maximum absolute atomic E-state index is 4.69.